The van der Waals surface area contributed by atoms with E-state index in [0.717, 1.165) is 0 Å². The zero-order valence-electron chi connectivity index (χ0n) is 5.27. The predicted molar refractivity (Wildman–Crippen MR) is 32.1 cm³/mol. The van der Waals surface area contributed by atoms with Crippen molar-refractivity contribution in [3.8, 4) is 0 Å². The summed E-state index contributed by atoms with van der Waals surface area (Å²) in [6.45, 7) is 0.162. The lowest BCUT2D eigenvalue weighted by Crippen LogP contribution is -2.44. The normalized spacial score (nSPS) is 38.4. The van der Waals surface area contributed by atoms with Crippen LogP contribution in [0, 0.1) is 0 Å². The molecule has 1 aliphatic heterocycles. The molecular formula is C5H9NO4. The Bertz CT molecular complexity index is 147. The van der Waals surface area contributed by atoms with Crippen molar-refractivity contribution in [2.75, 3.05) is 13.2 Å². The number of oxime groups is 1. The number of rotatable bonds is 0. The van der Waals surface area contributed by atoms with Crippen molar-refractivity contribution >= 4 is 5.71 Å². The average molecular weight is 147 g/mol. The second-order valence-corrected chi connectivity index (χ2v) is 2.12. The maximum Gasteiger partial charge on any atom is 0.126 e. The van der Waals surface area contributed by atoms with Gasteiger partial charge in [-0.3, -0.25) is 0 Å². The molecule has 1 rings (SSSR count). The highest BCUT2D eigenvalue weighted by Crippen LogP contribution is 2.04. The fourth-order valence-electron chi connectivity index (χ4n) is 0.771. The molecule has 58 valence electrons. The summed E-state index contributed by atoms with van der Waals surface area (Å²) >= 11 is 0. The highest BCUT2D eigenvalue weighted by atomic mass is 16.5. The Morgan fingerprint density at radius 1 is 1.50 bits per heavy atom. The van der Waals surface area contributed by atoms with Gasteiger partial charge in [0.15, 0.2) is 0 Å². The molecule has 0 aliphatic carbocycles. The molecule has 5 heteroatoms. The Kier molecular flexibility index (Phi) is 2.21. The van der Waals surface area contributed by atoms with Crippen LogP contribution in [0.2, 0.25) is 0 Å². The second kappa shape index (κ2) is 2.96. The Hall–Kier alpha value is -0.650. The average Bonchev–Trinajstić information content (AvgIpc) is 1.95. The summed E-state index contributed by atoms with van der Waals surface area (Å²) in [6.07, 6.45) is -2.06. The van der Waals surface area contributed by atoms with Crippen molar-refractivity contribution < 1.29 is 20.2 Å². The third kappa shape index (κ3) is 1.26. The third-order valence-electron chi connectivity index (χ3n) is 1.37. The van der Waals surface area contributed by atoms with Gasteiger partial charge in [0.1, 0.15) is 17.9 Å². The van der Waals surface area contributed by atoms with E-state index in [4.69, 9.17) is 20.2 Å². The minimum Gasteiger partial charge on any atom is -0.411 e. The lowest BCUT2D eigenvalue weighted by atomic mass is 10.1. The molecule has 1 saturated heterocycles. The van der Waals surface area contributed by atoms with Gasteiger partial charge >= 0.3 is 0 Å². The topological polar surface area (TPSA) is 82.3 Å². The summed E-state index contributed by atoms with van der Waals surface area (Å²) in [4.78, 5) is 0. The van der Waals surface area contributed by atoms with Crippen molar-refractivity contribution in [1.82, 2.24) is 0 Å². The van der Waals surface area contributed by atoms with Crippen molar-refractivity contribution in [3.63, 3.8) is 0 Å². The van der Waals surface area contributed by atoms with E-state index >= 15 is 0 Å². The molecule has 0 bridgehead atoms. The van der Waals surface area contributed by atoms with Crippen LogP contribution >= 0.6 is 0 Å². The number of hydrogen-bond donors (Lipinski definition) is 3. The number of aliphatic hydroxyl groups excluding tert-OH is 2. The molecule has 2 atom stereocenters. The van der Waals surface area contributed by atoms with E-state index in [1.54, 1.807) is 0 Å². The number of hydrogen-bond acceptors (Lipinski definition) is 5. The molecule has 0 spiro atoms. The van der Waals surface area contributed by atoms with E-state index in [1.165, 1.54) is 0 Å². The zero-order chi connectivity index (χ0) is 7.56. The summed E-state index contributed by atoms with van der Waals surface area (Å²) in [5.74, 6) is 0. The molecule has 3 N–H and O–H groups in total. The van der Waals surface area contributed by atoms with Crippen LogP contribution in [-0.4, -0.2) is 46.6 Å². The molecule has 10 heavy (non-hydrogen) atoms. The smallest absolute Gasteiger partial charge is 0.126 e. The van der Waals surface area contributed by atoms with E-state index in [1.807, 2.05) is 0 Å². The van der Waals surface area contributed by atoms with Crippen LogP contribution in [0.5, 0.6) is 0 Å². The minimum absolute atomic E-state index is 0.0683. The van der Waals surface area contributed by atoms with E-state index in [9.17, 15) is 0 Å². The summed E-state index contributed by atoms with van der Waals surface area (Å²) in [7, 11) is 0. The molecule has 0 saturated carbocycles. The molecule has 0 aromatic carbocycles. The van der Waals surface area contributed by atoms with Crippen molar-refractivity contribution in [3.05, 3.63) is 0 Å². The van der Waals surface area contributed by atoms with Gasteiger partial charge in [-0.1, -0.05) is 5.16 Å². The third-order valence-corrected chi connectivity index (χ3v) is 1.37. The maximum atomic E-state index is 9.02. The van der Waals surface area contributed by atoms with Gasteiger partial charge < -0.3 is 20.2 Å². The number of nitrogens with zero attached hydrogens (tertiary/aromatic N) is 1. The summed E-state index contributed by atoms with van der Waals surface area (Å²) in [5.41, 5.74) is 0.0683. The van der Waals surface area contributed by atoms with Gasteiger partial charge in [0.2, 0.25) is 0 Å². The van der Waals surface area contributed by atoms with Gasteiger partial charge in [-0.2, -0.15) is 0 Å². The van der Waals surface area contributed by atoms with Gasteiger partial charge in [0.05, 0.1) is 13.2 Å². The van der Waals surface area contributed by atoms with Crippen LogP contribution in [0.4, 0.5) is 0 Å². The Labute approximate surface area is 57.5 Å². The van der Waals surface area contributed by atoms with Crippen LogP contribution < -0.4 is 0 Å². The number of aliphatic hydroxyl groups is 2. The lowest BCUT2D eigenvalue weighted by Gasteiger charge is -2.23. The molecule has 0 aromatic heterocycles. The first-order valence-electron chi connectivity index (χ1n) is 2.90. The van der Waals surface area contributed by atoms with E-state index in [-0.39, 0.29) is 18.9 Å². The van der Waals surface area contributed by atoms with Gasteiger partial charge in [0.25, 0.3) is 0 Å². The molecule has 0 amide bonds. The highest BCUT2D eigenvalue weighted by molar-refractivity contribution is 5.90. The zero-order valence-corrected chi connectivity index (χ0v) is 5.27. The van der Waals surface area contributed by atoms with E-state index in [0.29, 0.717) is 0 Å². The quantitative estimate of drug-likeness (QED) is 0.290. The second-order valence-electron chi connectivity index (χ2n) is 2.12. The lowest BCUT2D eigenvalue weighted by molar-refractivity contribution is -0.0289. The molecule has 0 radical (unpaired) electrons. The van der Waals surface area contributed by atoms with Crippen molar-refractivity contribution in [2.24, 2.45) is 5.16 Å². The van der Waals surface area contributed by atoms with Crippen molar-refractivity contribution in [1.29, 1.82) is 0 Å². The summed E-state index contributed by atoms with van der Waals surface area (Å²) < 4.78 is 4.75. The minimum atomic E-state index is -1.08. The standard InChI is InChI=1S/C5H9NO4/c7-4-2-10-1-3(6-9)5(4)8/h4-5,7-9H,1-2H2/b6-3-/t4-,5-/m1/s1. The van der Waals surface area contributed by atoms with Gasteiger partial charge in [0, 0.05) is 0 Å². The van der Waals surface area contributed by atoms with Crippen LogP contribution in [0.25, 0.3) is 0 Å². The predicted octanol–water partition coefficient (Wildman–Crippen LogP) is -1.43. The summed E-state index contributed by atoms with van der Waals surface area (Å²) in [5, 5.41) is 28.9. The molecule has 1 heterocycles. The highest BCUT2D eigenvalue weighted by Gasteiger charge is 2.27. The van der Waals surface area contributed by atoms with Crippen molar-refractivity contribution in [2.45, 2.75) is 12.2 Å². The van der Waals surface area contributed by atoms with E-state index < -0.39 is 12.2 Å². The van der Waals surface area contributed by atoms with Crippen LogP contribution in [0.3, 0.4) is 0 Å². The Morgan fingerprint density at radius 3 is 2.70 bits per heavy atom. The van der Waals surface area contributed by atoms with Crippen LogP contribution in [0.15, 0.2) is 5.16 Å². The van der Waals surface area contributed by atoms with Gasteiger partial charge in [-0.25, -0.2) is 0 Å². The molecule has 1 fully saturated rings. The van der Waals surface area contributed by atoms with Crippen LogP contribution in [0.1, 0.15) is 0 Å². The molecule has 0 aromatic rings. The molecule has 1 aliphatic rings. The summed E-state index contributed by atoms with van der Waals surface area (Å²) in [6, 6.07) is 0. The van der Waals surface area contributed by atoms with Crippen LogP contribution in [-0.2, 0) is 4.74 Å². The van der Waals surface area contributed by atoms with E-state index in [2.05, 4.69) is 5.16 Å². The molecular weight excluding hydrogens is 138 g/mol. The maximum absolute atomic E-state index is 9.02. The first kappa shape index (κ1) is 7.46. The Balaban J connectivity index is 2.60. The Morgan fingerprint density at radius 2 is 2.20 bits per heavy atom. The first-order chi connectivity index (χ1) is 4.75. The van der Waals surface area contributed by atoms with Gasteiger partial charge in [-0.05, 0) is 0 Å². The monoisotopic (exact) mass is 147 g/mol. The largest absolute Gasteiger partial charge is 0.411 e. The first-order valence-corrected chi connectivity index (χ1v) is 2.90. The number of ether oxygens (including phenoxy) is 1. The molecule has 0 unspecified atom stereocenters. The SMILES string of the molecule is O/N=C1/COC[C@@H](O)[C@@H]1O. The fourth-order valence-corrected chi connectivity index (χ4v) is 0.771. The molecule has 5 nitrogen and oxygen atoms in total. The fraction of sp³-hybridized carbons (Fsp3) is 0.800. The van der Waals surface area contributed by atoms with Gasteiger partial charge in [-0.15, -0.1) is 0 Å².